The smallest absolute Gasteiger partial charge is 0.130 e. The summed E-state index contributed by atoms with van der Waals surface area (Å²) in [5, 5.41) is 20.9. The van der Waals surface area contributed by atoms with E-state index in [0.29, 0.717) is 23.5 Å². The van der Waals surface area contributed by atoms with Crippen LogP contribution < -0.4 is 0 Å². The van der Waals surface area contributed by atoms with Crippen molar-refractivity contribution < 1.29 is 10.2 Å². The van der Waals surface area contributed by atoms with Crippen molar-refractivity contribution in [2.45, 2.75) is 63.9 Å². The van der Waals surface area contributed by atoms with E-state index in [1.165, 1.54) is 16.7 Å². The molecule has 122 valence electrons. The number of hydrogen-bond donors (Lipinski definition) is 2. The van der Waals surface area contributed by atoms with Gasteiger partial charge in [0.15, 0.2) is 0 Å². The summed E-state index contributed by atoms with van der Waals surface area (Å²) in [6.07, 6.45) is 11.8. The molecule has 0 heterocycles. The number of hydrogen-bond acceptors (Lipinski definition) is 2. The highest BCUT2D eigenvalue weighted by atomic mass is 16.3. The van der Waals surface area contributed by atoms with E-state index in [2.05, 4.69) is 19.8 Å². The Morgan fingerprint density at radius 2 is 2.00 bits per heavy atom. The first-order chi connectivity index (χ1) is 10.9. The van der Waals surface area contributed by atoms with E-state index >= 15 is 0 Å². The van der Waals surface area contributed by atoms with Crippen molar-refractivity contribution in [1.29, 1.82) is 0 Å². The van der Waals surface area contributed by atoms with E-state index < -0.39 is 5.60 Å². The van der Waals surface area contributed by atoms with Crippen molar-refractivity contribution >= 4 is 0 Å². The molecule has 4 rings (SSSR count). The van der Waals surface area contributed by atoms with Gasteiger partial charge in [0.1, 0.15) is 11.4 Å². The topological polar surface area (TPSA) is 40.5 Å². The Kier molecular flexibility index (Phi) is 3.13. The van der Waals surface area contributed by atoms with Crippen LogP contribution in [-0.2, 0) is 6.42 Å². The zero-order chi connectivity index (χ0) is 16.4. The van der Waals surface area contributed by atoms with Gasteiger partial charge in [0.25, 0.3) is 0 Å². The van der Waals surface area contributed by atoms with Crippen LogP contribution >= 0.6 is 0 Å². The summed E-state index contributed by atoms with van der Waals surface area (Å²) < 4.78 is 0. The second kappa shape index (κ2) is 4.77. The van der Waals surface area contributed by atoms with Crippen molar-refractivity contribution in [3.63, 3.8) is 0 Å². The summed E-state index contributed by atoms with van der Waals surface area (Å²) >= 11 is 0. The molecule has 1 aromatic carbocycles. The molecule has 0 amide bonds. The van der Waals surface area contributed by atoms with Gasteiger partial charge in [-0.05, 0) is 92.0 Å². The Bertz CT molecular complexity index is 701. The summed E-state index contributed by atoms with van der Waals surface area (Å²) in [6.45, 7) is 4.35. The molecule has 5 atom stereocenters. The van der Waals surface area contributed by atoms with Gasteiger partial charge in [0.05, 0.1) is 0 Å². The van der Waals surface area contributed by atoms with E-state index in [1.54, 1.807) is 0 Å². The Hall–Kier alpha value is -1.46. The molecular formula is C21H26O2. The van der Waals surface area contributed by atoms with Crippen molar-refractivity contribution in [2.75, 3.05) is 0 Å². The maximum absolute atomic E-state index is 11.0. The molecule has 23 heavy (non-hydrogen) atoms. The van der Waals surface area contributed by atoms with E-state index in [0.717, 1.165) is 38.5 Å². The van der Waals surface area contributed by atoms with Gasteiger partial charge in [-0.3, -0.25) is 0 Å². The summed E-state index contributed by atoms with van der Waals surface area (Å²) in [7, 11) is 0. The lowest BCUT2D eigenvalue weighted by Crippen LogP contribution is -2.50. The second-order valence-electron chi connectivity index (χ2n) is 8.25. The van der Waals surface area contributed by atoms with Crippen molar-refractivity contribution in [3.05, 3.63) is 28.8 Å². The average Bonchev–Trinajstić information content (AvgIpc) is 2.79. The third-order valence-electron chi connectivity index (χ3n) is 7.40. The molecular weight excluding hydrogens is 284 g/mol. The van der Waals surface area contributed by atoms with Crippen LogP contribution in [0.25, 0.3) is 0 Å². The number of phenolic OH excluding ortho intramolecular Hbond substituents is 1. The maximum atomic E-state index is 11.0. The van der Waals surface area contributed by atoms with Gasteiger partial charge in [-0.25, -0.2) is 0 Å². The van der Waals surface area contributed by atoms with Gasteiger partial charge in [-0.2, -0.15) is 0 Å². The van der Waals surface area contributed by atoms with Gasteiger partial charge in [-0.1, -0.05) is 12.8 Å². The molecule has 0 aliphatic heterocycles. The quantitative estimate of drug-likeness (QED) is 0.713. The number of benzene rings is 1. The highest BCUT2D eigenvalue weighted by molar-refractivity contribution is 5.46. The number of fused-ring (bicyclic) bond motifs is 5. The number of phenols is 1. The summed E-state index contributed by atoms with van der Waals surface area (Å²) in [4.78, 5) is 0. The van der Waals surface area contributed by atoms with Crippen LogP contribution in [-0.4, -0.2) is 15.8 Å². The molecule has 2 nitrogen and oxygen atoms in total. The molecule has 2 saturated carbocycles. The van der Waals surface area contributed by atoms with Crippen LogP contribution in [0.15, 0.2) is 12.1 Å². The first-order valence-corrected chi connectivity index (χ1v) is 8.92. The van der Waals surface area contributed by atoms with Crippen LogP contribution in [0.1, 0.15) is 61.6 Å². The summed E-state index contributed by atoms with van der Waals surface area (Å²) in [6, 6.07) is 3.86. The Labute approximate surface area is 138 Å². The van der Waals surface area contributed by atoms with Gasteiger partial charge >= 0.3 is 0 Å². The van der Waals surface area contributed by atoms with Crippen LogP contribution in [0.3, 0.4) is 0 Å². The van der Waals surface area contributed by atoms with Gasteiger partial charge in [-0.15, -0.1) is 6.42 Å². The highest BCUT2D eigenvalue weighted by Gasteiger charge is 2.61. The van der Waals surface area contributed by atoms with Gasteiger partial charge in [0.2, 0.25) is 0 Å². The van der Waals surface area contributed by atoms with Crippen LogP contribution in [0, 0.1) is 36.5 Å². The second-order valence-corrected chi connectivity index (χ2v) is 8.25. The normalized spacial score (nSPS) is 41.6. The molecule has 1 aromatic rings. The molecule has 0 saturated heterocycles. The van der Waals surface area contributed by atoms with Gasteiger partial charge in [0, 0.05) is 5.41 Å². The minimum absolute atomic E-state index is 0.134. The number of terminal acetylenes is 1. The van der Waals surface area contributed by atoms with Crippen molar-refractivity contribution in [2.24, 2.45) is 17.3 Å². The molecule has 0 radical (unpaired) electrons. The zero-order valence-electron chi connectivity index (χ0n) is 14.1. The summed E-state index contributed by atoms with van der Waals surface area (Å²) in [5.74, 6) is 4.83. The fourth-order valence-corrected chi connectivity index (χ4v) is 6.21. The molecule has 2 heteroatoms. The molecule has 0 bridgehead atoms. The number of aryl methyl sites for hydroxylation is 2. The largest absolute Gasteiger partial charge is 0.508 e. The first kappa shape index (κ1) is 15.1. The number of rotatable bonds is 0. The van der Waals surface area contributed by atoms with Crippen molar-refractivity contribution in [3.8, 4) is 18.1 Å². The average molecular weight is 310 g/mol. The van der Waals surface area contributed by atoms with Crippen LogP contribution in [0.4, 0.5) is 0 Å². The predicted molar refractivity (Wildman–Crippen MR) is 91.2 cm³/mol. The minimum Gasteiger partial charge on any atom is -0.508 e. The lowest BCUT2D eigenvalue weighted by molar-refractivity contribution is -0.0647. The molecule has 2 fully saturated rings. The van der Waals surface area contributed by atoms with E-state index in [4.69, 9.17) is 6.42 Å². The molecule has 2 N–H and O–H groups in total. The standard InChI is InChI=1S/C21H26O2/c1-4-21(23)10-8-18-16-6-5-14-12-15(22)11-13(2)19(14)17(16)7-9-20(18,21)3/h1,11-12,16-18,22-23H,5-10H2,2-3H3/t16-,17+,18-,20+,21-/m1/s1. The summed E-state index contributed by atoms with van der Waals surface area (Å²) in [5.41, 5.74) is 2.97. The Morgan fingerprint density at radius 1 is 1.22 bits per heavy atom. The highest BCUT2D eigenvalue weighted by Crippen LogP contribution is 2.64. The SMILES string of the molecule is C#C[C@@]1(O)CC[C@@H]2[C@@H]3CCc4cc(O)cc(C)c4[C@H]3CC[C@@]21C. The van der Waals surface area contributed by atoms with Crippen molar-refractivity contribution in [1.82, 2.24) is 0 Å². The predicted octanol–water partition coefficient (Wildman–Crippen LogP) is 3.92. The van der Waals surface area contributed by atoms with Crippen LogP contribution in [0.5, 0.6) is 5.75 Å². The number of aliphatic hydroxyl groups is 1. The molecule has 0 spiro atoms. The molecule has 3 aliphatic carbocycles. The first-order valence-electron chi connectivity index (χ1n) is 8.92. The lowest BCUT2D eigenvalue weighted by atomic mass is 9.53. The fourth-order valence-electron chi connectivity index (χ4n) is 6.21. The molecule has 3 aliphatic rings. The van der Waals surface area contributed by atoms with Crippen LogP contribution in [0.2, 0.25) is 0 Å². The Morgan fingerprint density at radius 3 is 2.74 bits per heavy atom. The molecule has 0 aromatic heterocycles. The fraction of sp³-hybridized carbons (Fsp3) is 0.619. The zero-order valence-corrected chi connectivity index (χ0v) is 14.1. The maximum Gasteiger partial charge on any atom is 0.130 e. The number of aromatic hydroxyl groups is 1. The minimum atomic E-state index is -0.924. The van der Waals surface area contributed by atoms with E-state index in [9.17, 15) is 10.2 Å². The molecule has 0 unspecified atom stereocenters. The third kappa shape index (κ3) is 1.86. The Balaban J connectivity index is 1.75. The lowest BCUT2D eigenvalue weighted by Gasteiger charge is -2.52. The third-order valence-corrected chi connectivity index (χ3v) is 7.40. The van der Waals surface area contributed by atoms with E-state index in [1.807, 2.05) is 12.1 Å². The van der Waals surface area contributed by atoms with E-state index in [-0.39, 0.29) is 5.41 Å². The monoisotopic (exact) mass is 310 g/mol. The van der Waals surface area contributed by atoms with Gasteiger partial charge < -0.3 is 10.2 Å².